The Labute approximate surface area is 185 Å². The summed E-state index contributed by atoms with van der Waals surface area (Å²) in [6.45, 7) is 1.95. The zero-order chi connectivity index (χ0) is 22.1. The molecule has 2 amide bonds. The van der Waals surface area contributed by atoms with E-state index < -0.39 is 6.04 Å². The fraction of sp³-hybridized carbons (Fsp3) is 0.440. The first-order valence-electron chi connectivity index (χ1n) is 11.2. The largest absolute Gasteiger partial charge is 0.339 e. The number of carbonyl (C=O) groups is 2. The molecule has 1 saturated heterocycles. The van der Waals surface area contributed by atoms with Gasteiger partial charge in [-0.05, 0) is 36.8 Å². The van der Waals surface area contributed by atoms with Gasteiger partial charge in [-0.25, -0.2) is 0 Å². The molecule has 1 aliphatic heterocycles. The highest BCUT2D eigenvalue weighted by molar-refractivity contribution is 5.83. The van der Waals surface area contributed by atoms with E-state index in [-0.39, 0.29) is 17.9 Å². The zero-order valence-corrected chi connectivity index (χ0v) is 18.2. The highest BCUT2D eigenvalue weighted by Gasteiger charge is 2.33. The van der Waals surface area contributed by atoms with Crippen molar-refractivity contribution in [2.45, 2.75) is 44.2 Å². The predicted octanol–water partition coefficient (Wildman–Crippen LogP) is 1.97. The van der Waals surface area contributed by atoms with E-state index in [9.17, 15) is 9.59 Å². The van der Waals surface area contributed by atoms with Crippen molar-refractivity contribution in [1.29, 1.82) is 0 Å². The van der Waals surface area contributed by atoms with Gasteiger partial charge in [0.1, 0.15) is 0 Å². The number of nitrogens with two attached hydrogens (primary N) is 2. The lowest BCUT2D eigenvalue weighted by molar-refractivity contribution is -0.144. The quantitative estimate of drug-likeness (QED) is 0.646. The van der Waals surface area contributed by atoms with E-state index in [1.165, 1.54) is 11.1 Å². The number of piperazine rings is 1. The van der Waals surface area contributed by atoms with Crippen LogP contribution in [0.5, 0.6) is 0 Å². The smallest absolute Gasteiger partial charge is 0.239 e. The van der Waals surface area contributed by atoms with Gasteiger partial charge in [0.05, 0.1) is 6.04 Å². The van der Waals surface area contributed by atoms with E-state index >= 15 is 0 Å². The van der Waals surface area contributed by atoms with E-state index in [1.807, 2.05) is 46.2 Å². The van der Waals surface area contributed by atoms with Gasteiger partial charge in [0.15, 0.2) is 0 Å². The maximum absolute atomic E-state index is 13.2. The molecule has 1 fully saturated rings. The van der Waals surface area contributed by atoms with Crippen LogP contribution in [0.1, 0.15) is 30.4 Å². The fourth-order valence-electron chi connectivity index (χ4n) is 4.18. The summed E-state index contributed by atoms with van der Waals surface area (Å²) >= 11 is 0. The molecule has 0 aliphatic carbocycles. The number of amides is 2. The maximum Gasteiger partial charge on any atom is 0.239 e. The Kier molecular flexibility index (Phi) is 8.62. The molecule has 31 heavy (non-hydrogen) atoms. The van der Waals surface area contributed by atoms with Crippen LogP contribution in [0, 0.1) is 0 Å². The monoisotopic (exact) mass is 422 g/mol. The van der Waals surface area contributed by atoms with Gasteiger partial charge in [0, 0.05) is 38.6 Å². The molecule has 2 aromatic rings. The first kappa shape index (κ1) is 23.0. The van der Waals surface area contributed by atoms with Crippen molar-refractivity contribution in [3.8, 4) is 0 Å². The molecular weight excluding hydrogens is 388 g/mol. The number of benzene rings is 2. The summed E-state index contributed by atoms with van der Waals surface area (Å²) in [6.07, 6.45) is 3.38. The predicted molar refractivity (Wildman–Crippen MR) is 123 cm³/mol. The van der Waals surface area contributed by atoms with Crippen LogP contribution in [0.4, 0.5) is 0 Å². The van der Waals surface area contributed by atoms with Crippen molar-refractivity contribution in [2.24, 2.45) is 11.5 Å². The first-order valence-corrected chi connectivity index (χ1v) is 11.2. The van der Waals surface area contributed by atoms with E-state index in [2.05, 4.69) is 24.3 Å². The molecule has 1 heterocycles. The molecule has 3 rings (SSSR count). The third kappa shape index (κ3) is 6.64. The van der Waals surface area contributed by atoms with Gasteiger partial charge >= 0.3 is 0 Å². The summed E-state index contributed by atoms with van der Waals surface area (Å²) in [5.74, 6) is 0.0487. The molecule has 0 aromatic heterocycles. The molecule has 4 N–H and O–H groups in total. The SMILES string of the molecule is NCCC(=O)N1CCN(C(=O)[C@H](N)CCc2ccccc2)[C@@H](CCc2ccccc2)C1. The van der Waals surface area contributed by atoms with Gasteiger partial charge in [-0.2, -0.15) is 0 Å². The van der Waals surface area contributed by atoms with Crippen LogP contribution in [-0.2, 0) is 22.4 Å². The van der Waals surface area contributed by atoms with Gasteiger partial charge in [-0.15, -0.1) is 0 Å². The van der Waals surface area contributed by atoms with Crippen LogP contribution in [0.3, 0.4) is 0 Å². The van der Waals surface area contributed by atoms with Gasteiger partial charge in [-0.3, -0.25) is 9.59 Å². The lowest BCUT2D eigenvalue weighted by Gasteiger charge is -2.42. The summed E-state index contributed by atoms with van der Waals surface area (Å²) in [6, 6.07) is 19.8. The Morgan fingerprint density at radius 2 is 1.55 bits per heavy atom. The first-order chi connectivity index (χ1) is 15.1. The summed E-state index contributed by atoms with van der Waals surface area (Å²) in [4.78, 5) is 29.4. The summed E-state index contributed by atoms with van der Waals surface area (Å²) in [5, 5.41) is 0. The molecule has 1 aliphatic rings. The van der Waals surface area contributed by atoms with E-state index in [1.54, 1.807) is 0 Å². The van der Waals surface area contributed by atoms with Crippen molar-refractivity contribution < 1.29 is 9.59 Å². The Hall–Kier alpha value is -2.70. The molecule has 0 saturated carbocycles. The minimum absolute atomic E-state index is 0.0140. The van der Waals surface area contributed by atoms with Crippen LogP contribution in [0.25, 0.3) is 0 Å². The number of aryl methyl sites for hydroxylation is 2. The number of carbonyl (C=O) groups excluding carboxylic acids is 2. The van der Waals surface area contributed by atoms with Crippen molar-refractivity contribution in [2.75, 3.05) is 26.2 Å². The molecule has 0 bridgehead atoms. The molecule has 0 radical (unpaired) electrons. The highest BCUT2D eigenvalue weighted by atomic mass is 16.2. The summed E-state index contributed by atoms with van der Waals surface area (Å²) in [5.41, 5.74) is 14.3. The second-order valence-electron chi connectivity index (χ2n) is 8.22. The lowest BCUT2D eigenvalue weighted by Crippen LogP contribution is -2.59. The minimum Gasteiger partial charge on any atom is -0.339 e. The third-order valence-electron chi connectivity index (χ3n) is 5.99. The topological polar surface area (TPSA) is 92.7 Å². The van der Waals surface area contributed by atoms with Crippen LogP contribution < -0.4 is 11.5 Å². The zero-order valence-electron chi connectivity index (χ0n) is 18.2. The molecular formula is C25H34N4O2. The fourth-order valence-corrected chi connectivity index (χ4v) is 4.18. The normalized spacial score (nSPS) is 17.4. The van der Waals surface area contributed by atoms with Gasteiger partial charge in [-0.1, -0.05) is 60.7 Å². The Morgan fingerprint density at radius 1 is 0.935 bits per heavy atom. The average molecular weight is 423 g/mol. The second-order valence-corrected chi connectivity index (χ2v) is 8.22. The molecule has 6 nitrogen and oxygen atoms in total. The number of hydrogen-bond donors (Lipinski definition) is 2. The van der Waals surface area contributed by atoms with Gasteiger partial charge < -0.3 is 21.3 Å². The van der Waals surface area contributed by atoms with Gasteiger partial charge in [0.25, 0.3) is 0 Å². The molecule has 6 heteroatoms. The van der Waals surface area contributed by atoms with E-state index in [0.717, 1.165) is 19.3 Å². The standard InChI is InChI=1S/C25H34N4O2/c26-16-15-24(30)28-17-18-29(22(19-28)13-11-20-7-3-1-4-8-20)25(31)23(27)14-12-21-9-5-2-6-10-21/h1-10,22-23H,11-19,26-27H2/t22-,23+/m0/s1. The molecule has 0 spiro atoms. The van der Waals surface area contributed by atoms with E-state index in [4.69, 9.17) is 11.5 Å². The average Bonchev–Trinajstić information content (AvgIpc) is 2.82. The van der Waals surface area contributed by atoms with Gasteiger partial charge in [0.2, 0.25) is 11.8 Å². The molecule has 2 atom stereocenters. The maximum atomic E-state index is 13.2. The summed E-state index contributed by atoms with van der Waals surface area (Å²) in [7, 11) is 0. The number of rotatable bonds is 9. The van der Waals surface area contributed by atoms with Crippen molar-refractivity contribution in [1.82, 2.24) is 9.80 Å². The minimum atomic E-state index is -0.536. The molecule has 166 valence electrons. The number of hydrogen-bond acceptors (Lipinski definition) is 4. The Balaban J connectivity index is 1.64. The van der Waals surface area contributed by atoms with E-state index in [0.29, 0.717) is 39.0 Å². The van der Waals surface area contributed by atoms with Crippen LogP contribution >= 0.6 is 0 Å². The lowest BCUT2D eigenvalue weighted by atomic mass is 9.99. The molecule has 2 aromatic carbocycles. The highest BCUT2D eigenvalue weighted by Crippen LogP contribution is 2.19. The second kappa shape index (κ2) is 11.6. The number of nitrogens with zero attached hydrogens (tertiary/aromatic N) is 2. The van der Waals surface area contributed by atoms with Crippen molar-refractivity contribution >= 4 is 11.8 Å². The summed E-state index contributed by atoms with van der Waals surface area (Å²) < 4.78 is 0. The van der Waals surface area contributed by atoms with Crippen LogP contribution in [0.15, 0.2) is 60.7 Å². The van der Waals surface area contributed by atoms with Crippen LogP contribution in [0.2, 0.25) is 0 Å². The third-order valence-corrected chi connectivity index (χ3v) is 5.99. The van der Waals surface area contributed by atoms with Crippen LogP contribution in [-0.4, -0.2) is 59.9 Å². The Bertz CT molecular complexity index is 828. The van der Waals surface area contributed by atoms with Crippen molar-refractivity contribution in [3.05, 3.63) is 71.8 Å². The molecule has 0 unspecified atom stereocenters. The van der Waals surface area contributed by atoms with Crippen molar-refractivity contribution in [3.63, 3.8) is 0 Å². The Morgan fingerprint density at radius 3 is 2.16 bits per heavy atom.